The van der Waals surface area contributed by atoms with Gasteiger partial charge in [-0.05, 0) is 6.07 Å². The highest BCUT2D eigenvalue weighted by Gasteiger charge is 2.23. The van der Waals surface area contributed by atoms with Crippen molar-refractivity contribution in [3.63, 3.8) is 0 Å². The van der Waals surface area contributed by atoms with Crippen molar-refractivity contribution < 1.29 is 21.9 Å². The van der Waals surface area contributed by atoms with Crippen molar-refractivity contribution in [1.29, 1.82) is 0 Å². The molecule has 110 valence electrons. The van der Waals surface area contributed by atoms with E-state index in [0.29, 0.717) is 5.69 Å². The highest BCUT2D eigenvalue weighted by molar-refractivity contribution is 7.91. The first-order valence-corrected chi connectivity index (χ1v) is 8.98. The van der Waals surface area contributed by atoms with Crippen molar-refractivity contribution >= 4 is 19.9 Å². The zero-order chi connectivity index (χ0) is 14.8. The summed E-state index contributed by atoms with van der Waals surface area (Å²) in [6, 6.07) is 1.37. The molecule has 0 aliphatic heterocycles. The van der Waals surface area contributed by atoms with Crippen LogP contribution in [0.4, 0.5) is 0 Å². The third-order valence-corrected chi connectivity index (χ3v) is 5.48. The summed E-state index contributed by atoms with van der Waals surface area (Å²) >= 11 is 0. The Hall–Kier alpha value is -0.900. The van der Waals surface area contributed by atoms with E-state index in [1.165, 1.54) is 23.9 Å². The number of aromatic nitrogens is 1. The molecule has 1 rings (SSSR count). The molecule has 0 aromatic carbocycles. The molecule has 1 aromatic rings. The molecule has 1 N–H and O–H groups in total. The molecule has 0 amide bonds. The van der Waals surface area contributed by atoms with Gasteiger partial charge in [0, 0.05) is 38.8 Å². The van der Waals surface area contributed by atoms with Crippen molar-refractivity contribution in [1.82, 2.24) is 8.87 Å². The molecule has 0 saturated heterocycles. The highest BCUT2D eigenvalue weighted by atomic mass is 32.2. The van der Waals surface area contributed by atoms with Crippen LogP contribution in [0.3, 0.4) is 0 Å². The Morgan fingerprint density at radius 1 is 1.32 bits per heavy atom. The molecule has 0 spiro atoms. The molecule has 19 heavy (non-hydrogen) atoms. The molecule has 0 unspecified atom stereocenters. The molecule has 9 heteroatoms. The normalized spacial score (nSPS) is 13.1. The van der Waals surface area contributed by atoms with Gasteiger partial charge in [-0.15, -0.1) is 0 Å². The summed E-state index contributed by atoms with van der Waals surface area (Å²) in [5, 5.41) is 9.04. The Balaban J connectivity index is 2.96. The predicted molar refractivity (Wildman–Crippen MR) is 70.9 cm³/mol. The number of nitrogens with zero attached hydrogens (tertiary/aromatic N) is 2. The topological polar surface area (TPSA) is 96.7 Å². The third kappa shape index (κ3) is 4.03. The summed E-state index contributed by atoms with van der Waals surface area (Å²) < 4.78 is 48.9. The maximum atomic E-state index is 12.2. The second kappa shape index (κ2) is 5.61. The third-order valence-electron chi connectivity index (χ3n) is 2.73. The van der Waals surface area contributed by atoms with Gasteiger partial charge in [0.25, 0.3) is 0 Å². The molecular weight excluding hydrogens is 292 g/mol. The Morgan fingerprint density at radius 2 is 1.89 bits per heavy atom. The minimum absolute atomic E-state index is 0.0371. The van der Waals surface area contributed by atoms with Gasteiger partial charge in [-0.1, -0.05) is 0 Å². The largest absolute Gasteiger partial charge is 0.390 e. The first kappa shape index (κ1) is 16.2. The molecule has 0 saturated carbocycles. The summed E-state index contributed by atoms with van der Waals surface area (Å²) in [5.41, 5.74) is 0.468. The summed E-state index contributed by atoms with van der Waals surface area (Å²) in [4.78, 5) is 0.0371. The Labute approximate surface area is 113 Å². The molecule has 0 aliphatic rings. The molecule has 0 radical (unpaired) electrons. The lowest BCUT2D eigenvalue weighted by Gasteiger charge is -2.15. The first-order valence-electron chi connectivity index (χ1n) is 5.48. The average Bonchev–Trinajstić information content (AvgIpc) is 2.66. The van der Waals surface area contributed by atoms with Crippen molar-refractivity contribution in [2.24, 2.45) is 7.05 Å². The Kier molecular flexibility index (Phi) is 4.77. The van der Waals surface area contributed by atoms with Gasteiger partial charge in [0.1, 0.15) is 14.7 Å². The van der Waals surface area contributed by atoms with Gasteiger partial charge >= 0.3 is 0 Å². The standard InChI is InChI=1S/C10H18N2O5S2/c1-11-7-10(6-9(11)8-13)19(16,17)12(2)4-5-18(3,14)15/h6-7,13H,4-5,8H2,1-3H3. The lowest BCUT2D eigenvalue weighted by Crippen LogP contribution is -2.31. The lowest BCUT2D eigenvalue weighted by atomic mass is 10.5. The summed E-state index contributed by atoms with van der Waals surface area (Å²) in [6.45, 7) is -0.371. The minimum Gasteiger partial charge on any atom is -0.390 e. The second-order valence-electron chi connectivity index (χ2n) is 4.39. The molecular formula is C10H18N2O5S2. The van der Waals surface area contributed by atoms with Crippen LogP contribution in [-0.4, -0.2) is 56.4 Å². The molecule has 0 fully saturated rings. The lowest BCUT2D eigenvalue weighted by molar-refractivity contribution is 0.272. The molecule has 0 aliphatic carbocycles. The maximum Gasteiger partial charge on any atom is 0.244 e. The highest BCUT2D eigenvalue weighted by Crippen LogP contribution is 2.17. The molecule has 0 bridgehead atoms. The monoisotopic (exact) mass is 310 g/mol. The van der Waals surface area contributed by atoms with Crippen LogP contribution < -0.4 is 0 Å². The smallest absolute Gasteiger partial charge is 0.244 e. The second-order valence-corrected chi connectivity index (χ2v) is 8.70. The van der Waals surface area contributed by atoms with E-state index in [-0.39, 0.29) is 23.8 Å². The molecule has 7 nitrogen and oxygen atoms in total. The van der Waals surface area contributed by atoms with E-state index in [2.05, 4.69) is 0 Å². The zero-order valence-corrected chi connectivity index (χ0v) is 12.7. The van der Waals surface area contributed by atoms with E-state index in [9.17, 15) is 16.8 Å². The Morgan fingerprint density at radius 3 is 2.32 bits per heavy atom. The van der Waals surface area contributed by atoms with E-state index in [1.54, 1.807) is 7.05 Å². The number of aliphatic hydroxyl groups is 1. The van der Waals surface area contributed by atoms with Crippen molar-refractivity contribution in [3.8, 4) is 0 Å². The van der Waals surface area contributed by atoms with E-state index in [1.807, 2.05) is 0 Å². The van der Waals surface area contributed by atoms with Crippen LogP contribution in [0.1, 0.15) is 5.69 Å². The number of hydrogen-bond acceptors (Lipinski definition) is 5. The maximum absolute atomic E-state index is 12.2. The first-order chi connectivity index (χ1) is 8.58. The number of aliphatic hydroxyl groups excluding tert-OH is 1. The van der Waals surface area contributed by atoms with Gasteiger partial charge in [-0.25, -0.2) is 16.8 Å². The molecule has 1 aromatic heterocycles. The number of rotatable bonds is 6. The fraction of sp³-hybridized carbons (Fsp3) is 0.600. The van der Waals surface area contributed by atoms with Gasteiger partial charge in [0.15, 0.2) is 0 Å². The van der Waals surface area contributed by atoms with Crippen LogP contribution in [-0.2, 0) is 33.5 Å². The van der Waals surface area contributed by atoms with Gasteiger partial charge < -0.3 is 9.67 Å². The predicted octanol–water partition coefficient (Wildman–Crippen LogP) is -0.817. The van der Waals surface area contributed by atoms with Gasteiger partial charge in [0.05, 0.1) is 12.4 Å². The minimum atomic E-state index is -3.74. The quantitative estimate of drug-likeness (QED) is 0.740. The van der Waals surface area contributed by atoms with Crippen molar-refractivity contribution in [2.75, 3.05) is 25.6 Å². The number of sulfonamides is 1. The van der Waals surface area contributed by atoms with Gasteiger partial charge in [-0.3, -0.25) is 0 Å². The van der Waals surface area contributed by atoms with E-state index < -0.39 is 19.9 Å². The number of aryl methyl sites for hydroxylation is 1. The summed E-state index contributed by atoms with van der Waals surface area (Å²) in [5.74, 6) is -0.234. The fourth-order valence-electron chi connectivity index (χ4n) is 1.47. The van der Waals surface area contributed by atoms with Crippen LogP contribution in [0.25, 0.3) is 0 Å². The van der Waals surface area contributed by atoms with Crippen LogP contribution in [0.5, 0.6) is 0 Å². The van der Waals surface area contributed by atoms with Crippen LogP contribution in [0.2, 0.25) is 0 Å². The number of sulfone groups is 1. The Bertz CT molecular complexity index is 645. The number of hydrogen-bond donors (Lipinski definition) is 1. The summed E-state index contributed by atoms with van der Waals surface area (Å²) in [6.07, 6.45) is 2.44. The zero-order valence-electron chi connectivity index (χ0n) is 11.1. The van der Waals surface area contributed by atoms with E-state index in [0.717, 1.165) is 10.6 Å². The summed E-state index contributed by atoms with van der Waals surface area (Å²) in [7, 11) is -4.01. The average molecular weight is 310 g/mol. The van der Waals surface area contributed by atoms with Gasteiger partial charge in [0.2, 0.25) is 10.0 Å². The van der Waals surface area contributed by atoms with Crippen LogP contribution >= 0.6 is 0 Å². The van der Waals surface area contributed by atoms with Crippen LogP contribution in [0.15, 0.2) is 17.2 Å². The van der Waals surface area contributed by atoms with Crippen molar-refractivity contribution in [2.45, 2.75) is 11.5 Å². The fourth-order valence-corrected chi connectivity index (χ4v) is 3.46. The van der Waals surface area contributed by atoms with Gasteiger partial charge in [-0.2, -0.15) is 4.31 Å². The molecule has 1 heterocycles. The van der Waals surface area contributed by atoms with E-state index in [4.69, 9.17) is 5.11 Å². The van der Waals surface area contributed by atoms with Crippen molar-refractivity contribution in [3.05, 3.63) is 18.0 Å². The molecule has 0 atom stereocenters. The SMILES string of the molecule is CN(CCS(C)(=O)=O)S(=O)(=O)c1cc(CO)n(C)c1. The van der Waals surface area contributed by atoms with E-state index >= 15 is 0 Å². The van der Waals surface area contributed by atoms with Crippen LogP contribution in [0, 0.1) is 0 Å².